The van der Waals surface area contributed by atoms with Crippen molar-refractivity contribution in [3.05, 3.63) is 0 Å². The number of amidine groups is 1. The molecule has 0 spiro atoms. The first-order valence-electron chi connectivity index (χ1n) is 6.60. The quantitative estimate of drug-likeness (QED) is 0.336. The molecule has 3 N–H and O–H groups in total. The van der Waals surface area contributed by atoms with Crippen LogP contribution in [0.25, 0.3) is 0 Å². The molecule has 1 fully saturated rings. The van der Waals surface area contributed by atoms with E-state index in [1.54, 1.807) is 0 Å². The lowest BCUT2D eigenvalue weighted by atomic mass is 9.87. The van der Waals surface area contributed by atoms with E-state index in [0.29, 0.717) is 17.8 Å². The monoisotopic (exact) mass is 241 g/mol. The third kappa shape index (κ3) is 3.60. The van der Waals surface area contributed by atoms with Gasteiger partial charge in [0.15, 0.2) is 0 Å². The van der Waals surface area contributed by atoms with E-state index in [1.165, 1.54) is 19.4 Å². The fourth-order valence-electron chi connectivity index (χ4n) is 2.57. The van der Waals surface area contributed by atoms with Crippen LogP contribution >= 0.6 is 0 Å². The molecule has 1 unspecified atom stereocenters. The van der Waals surface area contributed by atoms with Crippen LogP contribution in [-0.4, -0.2) is 35.1 Å². The fourth-order valence-corrected chi connectivity index (χ4v) is 2.57. The van der Waals surface area contributed by atoms with Crippen molar-refractivity contribution in [1.82, 2.24) is 4.90 Å². The lowest BCUT2D eigenvalue weighted by Gasteiger charge is -2.31. The molecule has 1 rings (SSSR count). The van der Waals surface area contributed by atoms with Gasteiger partial charge < -0.3 is 15.8 Å². The maximum atomic E-state index is 8.75. The number of nitrogens with two attached hydrogens (primary N) is 1. The Labute approximate surface area is 105 Å². The Morgan fingerprint density at radius 1 is 1.53 bits per heavy atom. The minimum absolute atomic E-state index is 0.223. The van der Waals surface area contributed by atoms with Gasteiger partial charge in [-0.1, -0.05) is 32.9 Å². The lowest BCUT2D eigenvalue weighted by Crippen LogP contribution is -2.39. The lowest BCUT2D eigenvalue weighted by molar-refractivity contribution is 0.188. The summed E-state index contributed by atoms with van der Waals surface area (Å²) in [6.07, 6.45) is 3.54. The van der Waals surface area contributed by atoms with E-state index < -0.39 is 0 Å². The molecule has 1 aliphatic heterocycles. The molecule has 1 atom stereocenters. The van der Waals surface area contributed by atoms with Crippen LogP contribution in [0.3, 0.4) is 0 Å². The summed E-state index contributed by atoms with van der Waals surface area (Å²) in [5, 5.41) is 11.9. The van der Waals surface area contributed by atoms with Crippen LogP contribution in [0, 0.1) is 11.3 Å². The van der Waals surface area contributed by atoms with Crippen LogP contribution in [0.4, 0.5) is 0 Å². The molecule has 0 aromatic heterocycles. The van der Waals surface area contributed by atoms with Gasteiger partial charge in [0.2, 0.25) is 0 Å². The summed E-state index contributed by atoms with van der Waals surface area (Å²) in [7, 11) is 0. The second-order valence-corrected chi connectivity index (χ2v) is 6.11. The Morgan fingerprint density at radius 2 is 2.18 bits per heavy atom. The Bertz CT molecular complexity index is 274. The predicted molar refractivity (Wildman–Crippen MR) is 71.2 cm³/mol. The molecule has 0 radical (unpaired) electrons. The Balaban J connectivity index is 2.50. The average Bonchev–Trinajstić information content (AvgIpc) is 2.73. The maximum absolute atomic E-state index is 8.75. The minimum Gasteiger partial charge on any atom is -0.409 e. The molecular weight excluding hydrogens is 214 g/mol. The first-order chi connectivity index (χ1) is 7.88. The average molecular weight is 241 g/mol. The highest BCUT2D eigenvalue weighted by atomic mass is 16.4. The van der Waals surface area contributed by atoms with Crippen molar-refractivity contribution in [2.75, 3.05) is 13.1 Å². The molecule has 4 heteroatoms. The highest BCUT2D eigenvalue weighted by Crippen LogP contribution is 2.27. The van der Waals surface area contributed by atoms with Gasteiger partial charge in [-0.25, -0.2) is 0 Å². The molecule has 17 heavy (non-hydrogen) atoms. The minimum atomic E-state index is -0.223. The molecule has 0 amide bonds. The zero-order valence-corrected chi connectivity index (χ0v) is 11.6. The molecule has 1 aliphatic rings. The number of nitrogens with zero attached hydrogens (tertiary/aromatic N) is 2. The van der Waals surface area contributed by atoms with E-state index in [2.05, 4.69) is 23.9 Å². The summed E-state index contributed by atoms with van der Waals surface area (Å²) in [5.41, 5.74) is 5.49. The summed E-state index contributed by atoms with van der Waals surface area (Å²) < 4.78 is 0. The van der Waals surface area contributed by atoms with Crippen molar-refractivity contribution in [3.8, 4) is 0 Å². The van der Waals surface area contributed by atoms with Gasteiger partial charge in [-0.2, -0.15) is 0 Å². The molecule has 0 aromatic rings. The van der Waals surface area contributed by atoms with E-state index in [9.17, 15) is 0 Å². The Kier molecular flexibility index (Phi) is 4.80. The zero-order valence-electron chi connectivity index (χ0n) is 11.6. The van der Waals surface area contributed by atoms with E-state index in [4.69, 9.17) is 10.9 Å². The van der Waals surface area contributed by atoms with Gasteiger partial charge in [0.05, 0.1) is 0 Å². The van der Waals surface area contributed by atoms with Crippen molar-refractivity contribution in [2.45, 2.75) is 53.0 Å². The summed E-state index contributed by atoms with van der Waals surface area (Å²) in [5.74, 6) is 1.04. The SMILES string of the molecule is CC(C)C1CCCN1CCC(C)(C)C(N)=NO. The van der Waals surface area contributed by atoms with Gasteiger partial charge in [0.1, 0.15) is 5.84 Å². The van der Waals surface area contributed by atoms with Gasteiger partial charge in [0.25, 0.3) is 0 Å². The van der Waals surface area contributed by atoms with E-state index in [-0.39, 0.29) is 5.41 Å². The molecule has 100 valence electrons. The van der Waals surface area contributed by atoms with Crippen LogP contribution < -0.4 is 5.73 Å². The van der Waals surface area contributed by atoms with Gasteiger partial charge in [-0.05, 0) is 38.3 Å². The topological polar surface area (TPSA) is 61.8 Å². The molecule has 0 bridgehead atoms. The number of hydrogen-bond donors (Lipinski definition) is 2. The highest BCUT2D eigenvalue weighted by Gasteiger charge is 2.30. The number of likely N-dealkylation sites (tertiary alicyclic amines) is 1. The van der Waals surface area contributed by atoms with Crippen molar-refractivity contribution < 1.29 is 5.21 Å². The molecule has 0 aliphatic carbocycles. The Hall–Kier alpha value is -0.770. The van der Waals surface area contributed by atoms with Crippen LogP contribution in [0.15, 0.2) is 5.16 Å². The van der Waals surface area contributed by atoms with Gasteiger partial charge in [0, 0.05) is 11.5 Å². The second-order valence-electron chi connectivity index (χ2n) is 6.11. The van der Waals surface area contributed by atoms with Crippen molar-refractivity contribution in [1.29, 1.82) is 0 Å². The smallest absolute Gasteiger partial charge is 0.144 e. The first kappa shape index (κ1) is 14.3. The van der Waals surface area contributed by atoms with Gasteiger partial charge >= 0.3 is 0 Å². The normalized spacial score (nSPS) is 23.6. The fraction of sp³-hybridized carbons (Fsp3) is 0.923. The highest BCUT2D eigenvalue weighted by molar-refractivity contribution is 5.85. The van der Waals surface area contributed by atoms with Crippen LogP contribution in [0.2, 0.25) is 0 Å². The predicted octanol–water partition coefficient (Wildman–Crippen LogP) is 2.27. The zero-order chi connectivity index (χ0) is 13.1. The Morgan fingerprint density at radius 3 is 2.71 bits per heavy atom. The first-order valence-corrected chi connectivity index (χ1v) is 6.60. The molecule has 1 saturated heterocycles. The molecule has 1 heterocycles. The number of rotatable bonds is 5. The van der Waals surface area contributed by atoms with Crippen molar-refractivity contribution >= 4 is 5.84 Å². The second kappa shape index (κ2) is 5.71. The third-order valence-electron chi connectivity index (χ3n) is 4.01. The summed E-state index contributed by atoms with van der Waals surface area (Å²) in [4.78, 5) is 2.55. The van der Waals surface area contributed by atoms with Crippen LogP contribution in [0.5, 0.6) is 0 Å². The summed E-state index contributed by atoms with van der Waals surface area (Å²) >= 11 is 0. The molecule has 0 aromatic carbocycles. The van der Waals surface area contributed by atoms with E-state index in [0.717, 1.165) is 13.0 Å². The van der Waals surface area contributed by atoms with Crippen molar-refractivity contribution in [3.63, 3.8) is 0 Å². The molecular formula is C13H27N3O. The van der Waals surface area contributed by atoms with E-state index >= 15 is 0 Å². The van der Waals surface area contributed by atoms with Crippen LogP contribution in [-0.2, 0) is 0 Å². The molecule has 0 saturated carbocycles. The standard InChI is InChI=1S/C13H27N3O/c1-10(2)11-6-5-8-16(11)9-7-13(3,4)12(14)15-17/h10-11,17H,5-9H2,1-4H3,(H2,14,15). The maximum Gasteiger partial charge on any atom is 0.144 e. The molecule has 4 nitrogen and oxygen atoms in total. The summed E-state index contributed by atoms with van der Waals surface area (Å²) in [6.45, 7) is 10.9. The van der Waals surface area contributed by atoms with Gasteiger partial charge in [-0.3, -0.25) is 0 Å². The van der Waals surface area contributed by atoms with Gasteiger partial charge in [-0.15, -0.1) is 0 Å². The summed E-state index contributed by atoms with van der Waals surface area (Å²) in [6, 6.07) is 0.707. The largest absolute Gasteiger partial charge is 0.409 e. The van der Waals surface area contributed by atoms with Crippen LogP contribution in [0.1, 0.15) is 47.0 Å². The number of oxime groups is 1. The third-order valence-corrected chi connectivity index (χ3v) is 4.01. The van der Waals surface area contributed by atoms with E-state index in [1.807, 2.05) is 13.8 Å². The van der Waals surface area contributed by atoms with Crippen molar-refractivity contribution in [2.24, 2.45) is 22.2 Å². The number of hydrogen-bond acceptors (Lipinski definition) is 3.